The van der Waals surface area contributed by atoms with Gasteiger partial charge in [-0.2, -0.15) is 0 Å². The Morgan fingerprint density at radius 1 is 1.07 bits per heavy atom. The first-order valence-corrected chi connectivity index (χ1v) is 9.63. The standard InChI is InChI=1S/C22H25N3OS/c1-18(26)20-10-5-11-21(17-20)23-22(27)25-15-13-24(14-16-25)12-6-9-19-7-3-2-4-8-19/h2-11,17H,12-16H2,1H3,(H,23,27)/b9-6+. The van der Waals surface area contributed by atoms with Crippen LogP contribution in [0.3, 0.4) is 0 Å². The molecule has 0 saturated carbocycles. The van der Waals surface area contributed by atoms with Crippen LogP contribution in [0.25, 0.3) is 6.08 Å². The fraction of sp³-hybridized carbons (Fsp3) is 0.273. The summed E-state index contributed by atoms with van der Waals surface area (Å²) in [5, 5.41) is 3.98. The van der Waals surface area contributed by atoms with E-state index in [2.05, 4.69) is 51.5 Å². The number of hydrogen-bond donors (Lipinski definition) is 1. The van der Waals surface area contributed by atoms with Gasteiger partial charge in [0.2, 0.25) is 0 Å². The maximum atomic E-state index is 11.5. The number of Topliss-reactive ketones (excluding diaryl/α,β-unsaturated/α-hetero) is 1. The summed E-state index contributed by atoms with van der Waals surface area (Å²) < 4.78 is 0. The highest BCUT2D eigenvalue weighted by molar-refractivity contribution is 7.80. The number of nitrogens with zero attached hydrogens (tertiary/aromatic N) is 2. The predicted octanol–water partition coefficient (Wildman–Crippen LogP) is 3.92. The van der Waals surface area contributed by atoms with E-state index in [9.17, 15) is 4.79 Å². The summed E-state index contributed by atoms with van der Waals surface area (Å²) in [5.74, 6) is 0.0572. The van der Waals surface area contributed by atoms with Crippen molar-refractivity contribution in [2.45, 2.75) is 6.92 Å². The molecule has 27 heavy (non-hydrogen) atoms. The van der Waals surface area contributed by atoms with E-state index in [0.717, 1.165) is 43.5 Å². The number of ketones is 1. The fourth-order valence-electron chi connectivity index (χ4n) is 3.05. The molecule has 0 aliphatic carbocycles. The van der Waals surface area contributed by atoms with Crippen molar-refractivity contribution in [1.82, 2.24) is 9.80 Å². The molecule has 1 saturated heterocycles. The zero-order chi connectivity index (χ0) is 19.1. The minimum absolute atomic E-state index is 0.0572. The zero-order valence-corrected chi connectivity index (χ0v) is 16.4. The SMILES string of the molecule is CC(=O)c1cccc(NC(=S)N2CCN(C/C=C/c3ccccc3)CC2)c1. The topological polar surface area (TPSA) is 35.6 Å². The molecule has 2 aromatic carbocycles. The quantitative estimate of drug-likeness (QED) is 0.629. The first-order chi connectivity index (χ1) is 13.1. The largest absolute Gasteiger partial charge is 0.346 e. The minimum atomic E-state index is 0.0572. The summed E-state index contributed by atoms with van der Waals surface area (Å²) in [7, 11) is 0. The second kappa shape index (κ2) is 9.44. The summed E-state index contributed by atoms with van der Waals surface area (Å²) in [6, 6.07) is 17.8. The van der Waals surface area contributed by atoms with Crippen molar-refractivity contribution >= 4 is 34.9 Å². The highest BCUT2D eigenvalue weighted by Gasteiger charge is 2.18. The number of thiocarbonyl (C=S) groups is 1. The normalized spacial score (nSPS) is 15.1. The van der Waals surface area contributed by atoms with Crippen LogP contribution < -0.4 is 5.32 Å². The molecule has 5 heteroatoms. The average Bonchev–Trinajstić information content (AvgIpc) is 2.69. The molecule has 3 rings (SSSR count). The lowest BCUT2D eigenvalue weighted by atomic mass is 10.1. The molecule has 0 unspecified atom stereocenters. The molecule has 0 aromatic heterocycles. The summed E-state index contributed by atoms with van der Waals surface area (Å²) >= 11 is 5.55. The average molecular weight is 380 g/mol. The van der Waals surface area contributed by atoms with Gasteiger partial charge in [-0.05, 0) is 36.8 Å². The highest BCUT2D eigenvalue weighted by atomic mass is 32.1. The van der Waals surface area contributed by atoms with Crippen LogP contribution in [0.2, 0.25) is 0 Å². The highest BCUT2D eigenvalue weighted by Crippen LogP contribution is 2.13. The molecule has 4 nitrogen and oxygen atoms in total. The van der Waals surface area contributed by atoms with Crippen molar-refractivity contribution in [3.05, 3.63) is 71.8 Å². The third-order valence-electron chi connectivity index (χ3n) is 4.65. The van der Waals surface area contributed by atoms with Crippen LogP contribution >= 0.6 is 12.2 Å². The Hall–Kier alpha value is -2.50. The summed E-state index contributed by atoms with van der Waals surface area (Å²) in [6.45, 7) is 6.28. The van der Waals surface area contributed by atoms with Crippen LogP contribution in [0.15, 0.2) is 60.7 Å². The maximum absolute atomic E-state index is 11.5. The molecular weight excluding hydrogens is 354 g/mol. The molecule has 1 N–H and O–H groups in total. The van der Waals surface area contributed by atoms with Gasteiger partial charge in [-0.15, -0.1) is 0 Å². The van der Waals surface area contributed by atoms with E-state index in [1.54, 1.807) is 6.92 Å². The van der Waals surface area contributed by atoms with E-state index in [1.165, 1.54) is 5.56 Å². The number of rotatable bonds is 5. The van der Waals surface area contributed by atoms with Crippen LogP contribution in [-0.2, 0) is 0 Å². The number of nitrogens with one attached hydrogen (secondary N) is 1. The van der Waals surface area contributed by atoms with Gasteiger partial charge < -0.3 is 10.2 Å². The van der Waals surface area contributed by atoms with Crippen molar-refractivity contribution in [1.29, 1.82) is 0 Å². The monoisotopic (exact) mass is 379 g/mol. The minimum Gasteiger partial charge on any atom is -0.346 e. The summed E-state index contributed by atoms with van der Waals surface area (Å²) in [6.07, 6.45) is 4.38. The molecule has 0 radical (unpaired) electrons. The van der Waals surface area contributed by atoms with Crippen LogP contribution in [0.5, 0.6) is 0 Å². The van der Waals surface area contributed by atoms with Crippen molar-refractivity contribution < 1.29 is 4.79 Å². The Labute approximate surface area is 166 Å². The maximum Gasteiger partial charge on any atom is 0.173 e. The molecule has 1 heterocycles. The molecule has 0 spiro atoms. The van der Waals surface area contributed by atoms with E-state index in [1.807, 2.05) is 30.3 Å². The van der Waals surface area contributed by atoms with Gasteiger partial charge in [-0.1, -0.05) is 54.6 Å². The van der Waals surface area contributed by atoms with E-state index >= 15 is 0 Å². The van der Waals surface area contributed by atoms with Crippen molar-refractivity contribution in [3.63, 3.8) is 0 Å². The van der Waals surface area contributed by atoms with E-state index < -0.39 is 0 Å². The van der Waals surface area contributed by atoms with Gasteiger partial charge in [0.15, 0.2) is 10.9 Å². The van der Waals surface area contributed by atoms with Gasteiger partial charge in [-0.25, -0.2) is 0 Å². The van der Waals surface area contributed by atoms with Crippen LogP contribution in [0, 0.1) is 0 Å². The Morgan fingerprint density at radius 2 is 1.81 bits per heavy atom. The molecule has 2 aromatic rings. The van der Waals surface area contributed by atoms with Crippen LogP contribution in [-0.4, -0.2) is 53.4 Å². The molecule has 0 amide bonds. The first kappa shape index (κ1) is 19.3. The molecule has 140 valence electrons. The molecule has 1 aliphatic heterocycles. The lowest BCUT2D eigenvalue weighted by Gasteiger charge is -2.35. The Balaban J connectivity index is 1.46. The van der Waals surface area contributed by atoms with Crippen LogP contribution in [0.4, 0.5) is 5.69 Å². The number of hydrogen-bond acceptors (Lipinski definition) is 3. The number of carbonyl (C=O) groups is 1. The third-order valence-corrected chi connectivity index (χ3v) is 5.01. The van der Waals surface area contributed by atoms with Gasteiger partial charge >= 0.3 is 0 Å². The molecule has 1 aliphatic rings. The van der Waals surface area contributed by atoms with Gasteiger partial charge in [0.25, 0.3) is 0 Å². The molecule has 0 bridgehead atoms. The molecular formula is C22H25N3OS. The second-order valence-corrected chi connectivity index (χ2v) is 7.05. The van der Waals surface area contributed by atoms with E-state index in [4.69, 9.17) is 12.2 Å². The van der Waals surface area contributed by atoms with Crippen molar-refractivity contribution in [2.75, 3.05) is 38.0 Å². The summed E-state index contributed by atoms with van der Waals surface area (Å²) in [5.41, 5.74) is 2.79. The second-order valence-electron chi connectivity index (χ2n) is 6.67. The molecule has 1 fully saturated rings. The van der Waals surface area contributed by atoms with Crippen molar-refractivity contribution in [3.8, 4) is 0 Å². The number of piperazine rings is 1. The number of anilines is 1. The Bertz CT molecular complexity index is 811. The fourth-order valence-corrected chi connectivity index (χ4v) is 3.35. The third kappa shape index (κ3) is 5.74. The van der Waals surface area contributed by atoms with E-state index in [0.29, 0.717) is 5.56 Å². The zero-order valence-electron chi connectivity index (χ0n) is 15.6. The number of carbonyl (C=O) groups excluding carboxylic acids is 1. The van der Waals surface area contributed by atoms with Crippen LogP contribution in [0.1, 0.15) is 22.8 Å². The molecule has 0 atom stereocenters. The van der Waals surface area contributed by atoms with Gasteiger partial charge in [0, 0.05) is 44.0 Å². The van der Waals surface area contributed by atoms with Gasteiger partial charge in [0.1, 0.15) is 0 Å². The Morgan fingerprint density at radius 3 is 2.52 bits per heavy atom. The predicted molar refractivity (Wildman–Crippen MR) is 116 cm³/mol. The summed E-state index contributed by atoms with van der Waals surface area (Å²) in [4.78, 5) is 16.1. The lowest BCUT2D eigenvalue weighted by molar-refractivity contribution is 0.101. The smallest absolute Gasteiger partial charge is 0.173 e. The first-order valence-electron chi connectivity index (χ1n) is 9.23. The van der Waals surface area contributed by atoms with Crippen molar-refractivity contribution in [2.24, 2.45) is 0 Å². The van der Waals surface area contributed by atoms with Gasteiger partial charge in [-0.3, -0.25) is 9.69 Å². The Kier molecular flexibility index (Phi) is 6.74. The number of benzene rings is 2. The van der Waals surface area contributed by atoms with Gasteiger partial charge in [0.05, 0.1) is 0 Å². The van der Waals surface area contributed by atoms with E-state index in [-0.39, 0.29) is 5.78 Å². The lowest BCUT2D eigenvalue weighted by Crippen LogP contribution is -2.49.